The minimum Gasteiger partial charge on any atom is -0.251 e. The first-order valence-electron chi connectivity index (χ1n) is 5.68. The van der Waals surface area contributed by atoms with Crippen LogP contribution in [0.1, 0.15) is 24.8 Å². The average Bonchev–Trinajstić information content (AvgIpc) is 2.32. The summed E-state index contributed by atoms with van der Waals surface area (Å²) in [6, 6.07) is 4.85. The van der Waals surface area contributed by atoms with Crippen molar-refractivity contribution in [2.45, 2.75) is 25.8 Å². The molecule has 1 N–H and O–H groups in total. The van der Waals surface area contributed by atoms with Crippen molar-refractivity contribution in [2.75, 3.05) is 13.1 Å². The first-order valence-corrected chi connectivity index (χ1v) is 6.06. The van der Waals surface area contributed by atoms with Crippen molar-refractivity contribution >= 4 is 11.6 Å². The van der Waals surface area contributed by atoms with Crippen molar-refractivity contribution < 1.29 is 4.39 Å². The number of rotatable bonds is 3. The van der Waals surface area contributed by atoms with Crippen LogP contribution in [0.4, 0.5) is 4.39 Å². The molecule has 88 valence electrons. The summed E-state index contributed by atoms with van der Waals surface area (Å²) in [6.45, 7) is 2.89. The third-order valence-corrected chi connectivity index (χ3v) is 3.14. The third kappa shape index (κ3) is 3.17. The lowest BCUT2D eigenvalue weighted by Crippen LogP contribution is -2.41. The van der Waals surface area contributed by atoms with E-state index >= 15 is 0 Å². The zero-order valence-electron chi connectivity index (χ0n) is 9.18. The quantitative estimate of drug-likeness (QED) is 0.877. The molecular formula is C12H16ClFN2. The molecule has 0 bridgehead atoms. The highest BCUT2D eigenvalue weighted by atomic mass is 35.5. The number of hydrazine groups is 1. The molecule has 0 saturated carbocycles. The van der Waals surface area contributed by atoms with Crippen molar-refractivity contribution in [2.24, 2.45) is 0 Å². The van der Waals surface area contributed by atoms with Crippen molar-refractivity contribution in [1.82, 2.24) is 10.4 Å². The van der Waals surface area contributed by atoms with Gasteiger partial charge in [-0.15, -0.1) is 0 Å². The molecule has 1 aromatic rings. The third-order valence-electron chi connectivity index (χ3n) is 2.85. The molecule has 1 saturated heterocycles. The number of hydrogen-bond donors (Lipinski definition) is 1. The van der Waals surface area contributed by atoms with Crippen LogP contribution in [0.3, 0.4) is 0 Å². The van der Waals surface area contributed by atoms with Gasteiger partial charge in [0, 0.05) is 19.6 Å². The molecule has 0 atom stereocenters. The molecule has 4 heteroatoms. The van der Waals surface area contributed by atoms with Crippen LogP contribution < -0.4 is 5.43 Å². The Morgan fingerprint density at radius 3 is 2.69 bits per heavy atom. The number of piperidine rings is 1. The Kier molecular flexibility index (Phi) is 4.16. The Hall–Kier alpha value is -0.640. The summed E-state index contributed by atoms with van der Waals surface area (Å²) in [5.41, 5.74) is 4.35. The normalized spacial score (nSPS) is 17.6. The highest BCUT2D eigenvalue weighted by Gasteiger charge is 2.09. The van der Waals surface area contributed by atoms with E-state index in [9.17, 15) is 4.39 Å². The number of nitrogens with one attached hydrogen (secondary N) is 1. The Balaban J connectivity index is 1.86. The minimum absolute atomic E-state index is 0.193. The molecule has 1 heterocycles. The summed E-state index contributed by atoms with van der Waals surface area (Å²) < 4.78 is 12.9. The fourth-order valence-electron chi connectivity index (χ4n) is 1.90. The van der Waals surface area contributed by atoms with Crippen LogP contribution in [-0.2, 0) is 6.54 Å². The van der Waals surface area contributed by atoms with Gasteiger partial charge in [-0.1, -0.05) is 24.1 Å². The molecule has 0 spiro atoms. The van der Waals surface area contributed by atoms with E-state index in [1.54, 1.807) is 12.1 Å². The van der Waals surface area contributed by atoms with E-state index in [2.05, 4.69) is 10.4 Å². The lowest BCUT2D eigenvalue weighted by molar-refractivity contribution is 0.151. The van der Waals surface area contributed by atoms with E-state index in [0.29, 0.717) is 6.54 Å². The molecule has 1 aromatic carbocycles. The topological polar surface area (TPSA) is 15.3 Å². The van der Waals surface area contributed by atoms with Crippen molar-refractivity contribution in [1.29, 1.82) is 0 Å². The van der Waals surface area contributed by atoms with Gasteiger partial charge < -0.3 is 0 Å². The highest BCUT2D eigenvalue weighted by Crippen LogP contribution is 2.16. The van der Waals surface area contributed by atoms with Gasteiger partial charge in [-0.2, -0.15) is 0 Å². The molecule has 2 nitrogen and oxygen atoms in total. The number of halogens is 2. The maximum Gasteiger partial charge on any atom is 0.141 e. The number of nitrogens with zero attached hydrogens (tertiary/aromatic N) is 1. The van der Waals surface area contributed by atoms with Crippen molar-refractivity contribution in [3.05, 3.63) is 34.6 Å². The summed E-state index contributed by atoms with van der Waals surface area (Å²) >= 11 is 5.72. The Labute approximate surface area is 100 Å². The van der Waals surface area contributed by atoms with Gasteiger partial charge in [-0.3, -0.25) is 5.43 Å². The SMILES string of the molecule is Fc1ccc(CNN2CCCCC2)cc1Cl. The molecule has 1 aliphatic heterocycles. The molecule has 1 fully saturated rings. The monoisotopic (exact) mass is 242 g/mol. The molecule has 0 radical (unpaired) electrons. The molecule has 1 aliphatic rings. The molecule has 16 heavy (non-hydrogen) atoms. The van der Waals surface area contributed by atoms with E-state index in [1.807, 2.05) is 0 Å². The van der Waals surface area contributed by atoms with E-state index in [1.165, 1.54) is 25.3 Å². The van der Waals surface area contributed by atoms with Crippen LogP contribution >= 0.6 is 11.6 Å². The van der Waals surface area contributed by atoms with Crippen molar-refractivity contribution in [3.8, 4) is 0 Å². The fraction of sp³-hybridized carbons (Fsp3) is 0.500. The summed E-state index contributed by atoms with van der Waals surface area (Å²) in [5.74, 6) is -0.358. The largest absolute Gasteiger partial charge is 0.251 e. The van der Waals surface area contributed by atoms with Crippen LogP contribution in [-0.4, -0.2) is 18.1 Å². The van der Waals surface area contributed by atoms with Crippen LogP contribution in [0, 0.1) is 5.82 Å². The predicted molar refractivity (Wildman–Crippen MR) is 63.7 cm³/mol. The standard InChI is InChI=1S/C12H16ClFN2/c13-11-8-10(4-5-12(11)14)9-15-16-6-2-1-3-7-16/h4-5,8,15H,1-3,6-7,9H2. The predicted octanol–water partition coefficient (Wildman–Crippen LogP) is 2.97. The maximum atomic E-state index is 12.9. The highest BCUT2D eigenvalue weighted by molar-refractivity contribution is 6.30. The van der Waals surface area contributed by atoms with E-state index in [-0.39, 0.29) is 10.8 Å². The maximum absolute atomic E-state index is 12.9. The minimum atomic E-state index is -0.358. The molecule has 0 unspecified atom stereocenters. The van der Waals surface area contributed by atoms with Gasteiger partial charge in [-0.25, -0.2) is 9.40 Å². The summed E-state index contributed by atoms with van der Waals surface area (Å²) in [6.07, 6.45) is 3.81. The van der Waals surface area contributed by atoms with Gasteiger partial charge in [0.25, 0.3) is 0 Å². The average molecular weight is 243 g/mol. The zero-order chi connectivity index (χ0) is 11.4. The Morgan fingerprint density at radius 1 is 1.25 bits per heavy atom. The van der Waals surface area contributed by atoms with Gasteiger partial charge >= 0.3 is 0 Å². The van der Waals surface area contributed by atoms with Crippen LogP contribution in [0.25, 0.3) is 0 Å². The van der Waals surface area contributed by atoms with Gasteiger partial charge in [0.2, 0.25) is 0 Å². The summed E-state index contributed by atoms with van der Waals surface area (Å²) in [5, 5.41) is 2.42. The molecule has 0 amide bonds. The zero-order valence-corrected chi connectivity index (χ0v) is 9.93. The number of benzene rings is 1. The van der Waals surface area contributed by atoms with E-state index in [0.717, 1.165) is 18.7 Å². The van der Waals surface area contributed by atoms with E-state index in [4.69, 9.17) is 11.6 Å². The fourth-order valence-corrected chi connectivity index (χ4v) is 2.11. The number of hydrogen-bond acceptors (Lipinski definition) is 2. The van der Waals surface area contributed by atoms with Crippen LogP contribution in [0.2, 0.25) is 5.02 Å². The lowest BCUT2D eigenvalue weighted by Gasteiger charge is -2.27. The van der Waals surface area contributed by atoms with Crippen molar-refractivity contribution in [3.63, 3.8) is 0 Å². The summed E-state index contributed by atoms with van der Waals surface area (Å²) in [7, 11) is 0. The van der Waals surface area contributed by atoms with Gasteiger partial charge in [0.1, 0.15) is 5.82 Å². The smallest absolute Gasteiger partial charge is 0.141 e. The van der Waals surface area contributed by atoms with Crippen LogP contribution in [0.15, 0.2) is 18.2 Å². The van der Waals surface area contributed by atoms with E-state index < -0.39 is 0 Å². The first-order chi connectivity index (χ1) is 7.75. The van der Waals surface area contributed by atoms with Gasteiger partial charge in [-0.05, 0) is 30.5 Å². The molecule has 0 aromatic heterocycles. The van der Waals surface area contributed by atoms with Gasteiger partial charge in [0.15, 0.2) is 0 Å². The summed E-state index contributed by atoms with van der Waals surface area (Å²) in [4.78, 5) is 0. The molecular weight excluding hydrogens is 227 g/mol. The van der Waals surface area contributed by atoms with Gasteiger partial charge in [0.05, 0.1) is 5.02 Å². The lowest BCUT2D eigenvalue weighted by atomic mass is 10.2. The molecule has 0 aliphatic carbocycles. The second-order valence-electron chi connectivity index (χ2n) is 4.13. The second-order valence-corrected chi connectivity index (χ2v) is 4.54. The Bertz CT molecular complexity index is 351. The molecule has 2 rings (SSSR count). The van der Waals surface area contributed by atoms with Crippen LogP contribution in [0.5, 0.6) is 0 Å². The first kappa shape index (κ1) is 11.8. The Morgan fingerprint density at radius 2 is 2.00 bits per heavy atom. The second kappa shape index (κ2) is 5.62.